The van der Waals surface area contributed by atoms with Gasteiger partial charge in [0.1, 0.15) is 0 Å². The Balaban J connectivity index is 2.07. The molecular formula is C10H17NS2. The first-order valence-corrected chi connectivity index (χ1v) is 6.65. The first-order valence-electron chi connectivity index (χ1n) is 4.65. The zero-order chi connectivity index (χ0) is 9.52. The van der Waals surface area contributed by atoms with E-state index in [-0.39, 0.29) is 0 Å². The lowest BCUT2D eigenvalue weighted by Gasteiger charge is -2.08. The summed E-state index contributed by atoms with van der Waals surface area (Å²) in [5.74, 6) is 1.22. The second-order valence-electron chi connectivity index (χ2n) is 3.14. The van der Waals surface area contributed by atoms with Crippen molar-refractivity contribution in [3.8, 4) is 0 Å². The number of nitrogens with two attached hydrogens (primary N) is 1. The van der Waals surface area contributed by atoms with Gasteiger partial charge in [-0.15, -0.1) is 0 Å². The fraction of sp³-hybridized carbons (Fsp3) is 0.600. The van der Waals surface area contributed by atoms with Crippen LogP contribution in [0.4, 0.5) is 0 Å². The molecular weight excluding hydrogens is 198 g/mol. The lowest BCUT2D eigenvalue weighted by atomic mass is 10.3. The van der Waals surface area contributed by atoms with Gasteiger partial charge in [0.2, 0.25) is 0 Å². The van der Waals surface area contributed by atoms with Gasteiger partial charge in [0.25, 0.3) is 0 Å². The van der Waals surface area contributed by atoms with Crippen molar-refractivity contribution in [1.82, 2.24) is 0 Å². The van der Waals surface area contributed by atoms with E-state index in [1.165, 1.54) is 17.7 Å². The monoisotopic (exact) mass is 215 g/mol. The molecule has 1 unspecified atom stereocenters. The minimum absolute atomic E-state index is 0.712. The average Bonchev–Trinajstić information content (AvgIpc) is 2.57. The molecule has 1 atom stereocenters. The van der Waals surface area contributed by atoms with E-state index in [4.69, 9.17) is 5.73 Å². The van der Waals surface area contributed by atoms with Crippen molar-refractivity contribution >= 4 is 23.1 Å². The summed E-state index contributed by atoms with van der Waals surface area (Å²) >= 11 is 3.80. The highest BCUT2D eigenvalue weighted by Gasteiger charge is 2.01. The van der Waals surface area contributed by atoms with Crippen LogP contribution in [0.2, 0.25) is 0 Å². The second kappa shape index (κ2) is 6.46. The molecule has 2 N–H and O–H groups in total. The predicted octanol–water partition coefficient (Wildman–Crippen LogP) is 2.76. The van der Waals surface area contributed by atoms with Crippen LogP contribution in [0.25, 0.3) is 0 Å². The quantitative estimate of drug-likeness (QED) is 0.789. The largest absolute Gasteiger partial charge is 0.330 e. The Morgan fingerprint density at radius 2 is 2.46 bits per heavy atom. The Labute approximate surface area is 88.7 Å². The normalized spacial score (nSPS) is 13.1. The number of hydrogen-bond acceptors (Lipinski definition) is 3. The summed E-state index contributed by atoms with van der Waals surface area (Å²) in [6.07, 6.45) is 2.33. The Hall–Kier alpha value is 0.01000. The first-order chi connectivity index (χ1) is 6.33. The van der Waals surface area contributed by atoms with Crippen LogP contribution in [-0.2, 0) is 6.42 Å². The van der Waals surface area contributed by atoms with Gasteiger partial charge < -0.3 is 5.73 Å². The van der Waals surface area contributed by atoms with Gasteiger partial charge >= 0.3 is 0 Å². The molecule has 13 heavy (non-hydrogen) atoms. The molecule has 1 aromatic heterocycles. The van der Waals surface area contributed by atoms with Crippen molar-refractivity contribution in [3.63, 3.8) is 0 Å². The zero-order valence-electron chi connectivity index (χ0n) is 8.03. The Kier molecular flexibility index (Phi) is 5.51. The molecule has 0 fully saturated rings. The summed E-state index contributed by atoms with van der Waals surface area (Å²) in [5, 5.41) is 5.08. The molecule has 0 amide bonds. The van der Waals surface area contributed by atoms with Crippen molar-refractivity contribution in [1.29, 1.82) is 0 Å². The van der Waals surface area contributed by atoms with Crippen molar-refractivity contribution in [2.45, 2.75) is 25.0 Å². The maximum Gasteiger partial charge on any atom is 0.00308 e. The Bertz CT molecular complexity index is 209. The Morgan fingerprint density at radius 1 is 1.62 bits per heavy atom. The summed E-state index contributed by atoms with van der Waals surface area (Å²) < 4.78 is 0. The third-order valence-corrected chi connectivity index (χ3v) is 3.92. The highest BCUT2D eigenvalue weighted by Crippen LogP contribution is 2.16. The minimum Gasteiger partial charge on any atom is -0.330 e. The van der Waals surface area contributed by atoms with Crippen LogP contribution < -0.4 is 5.73 Å². The molecule has 0 radical (unpaired) electrons. The van der Waals surface area contributed by atoms with E-state index >= 15 is 0 Å². The van der Waals surface area contributed by atoms with E-state index in [9.17, 15) is 0 Å². The number of thioether (sulfide) groups is 1. The fourth-order valence-electron chi connectivity index (χ4n) is 1.13. The number of hydrogen-bond donors (Lipinski definition) is 1. The molecule has 1 aromatic rings. The molecule has 3 heteroatoms. The number of aryl methyl sites for hydroxylation is 1. The molecule has 0 saturated carbocycles. The SMILES string of the molecule is CC(CCN)SCCc1ccsc1. The summed E-state index contributed by atoms with van der Waals surface area (Å²) in [6.45, 7) is 3.07. The fourth-order valence-corrected chi connectivity index (χ4v) is 2.89. The highest BCUT2D eigenvalue weighted by molar-refractivity contribution is 7.99. The van der Waals surface area contributed by atoms with Crippen LogP contribution in [0.5, 0.6) is 0 Å². The molecule has 0 aromatic carbocycles. The van der Waals surface area contributed by atoms with Crippen molar-refractivity contribution in [2.75, 3.05) is 12.3 Å². The van der Waals surface area contributed by atoms with Gasteiger partial charge in [-0.05, 0) is 47.5 Å². The third kappa shape index (κ3) is 4.69. The molecule has 0 spiro atoms. The molecule has 74 valence electrons. The predicted molar refractivity (Wildman–Crippen MR) is 63.6 cm³/mol. The minimum atomic E-state index is 0.712. The van der Waals surface area contributed by atoms with E-state index in [1.54, 1.807) is 11.3 Å². The third-order valence-electron chi connectivity index (χ3n) is 1.95. The van der Waals surface area contributed by atoms with Crippen LogP contribution in [-0.4, -0.2) is 17.5 Å². The van der Waals surface area contributed by atoms with Crippen molar-refractivity contribution in [3.05, 3.63) is 22.4 Å². The molecule has 0 aliphatic carbocycles. The molecule has 0 aliphatic rings. The smallest absolute Gasteiger partial charge is 0.00308 e. The topological polar surface area (TPSA) is 26.0 Å². The maximum atomic E-state index is 5.48. The molecule has 0 bridgehead atoms. The Morgan fingerprint density at radius 3 is 3.08 bits per heavy atom. The van der Waals surface area contributed by atoms with Gasteiger partial charge in [-0.1, -0.05) is 6.92 Å². The van der Waals surface area contributed by atoms with Gasteiger partial charge in [-0.2, -0.15) is 23.1 Å². The van der Waals surface area contributed by atoms with Gasteiger partial charge in [-0.3, -0.25) is 0 Å². The van der Waals surface area contributed by atoms with Crippen LogP contribution in [0.15, 0.2) is 16.8 Å². The standard InChI is InChI=1S/C10H17NS2/c1-9(2-5-11)13-7-4-10-3-6-12-8-10/h3,6,8-9H,2,4-5,7,11H2,1H3. The van der Waals surface area contributed by atoms with Gasteiger partial charge in [-0.25, -0.2) is 0 Å². The molecule has 1 nitrogen and oxygen atoms in total. The van der Waals surface area contributed by atoms with Crippen LogP contribution in [0.3, 0.4) is 0 Å². The lowest BCUT2D eigenvalue weighted by Crippen LogP contribution is -2.07. The number of rotatable bonds is 6. The highest BCUT2D eigenvalue weighted by atomic mass is 32.2. The van der Waals surface area contributed by atoms with Gasteiger partial charge in [0, 0.05) is 5.25 Å². The molecule has 0 aliphatic heterocycles. The van der Waals surface area contributed by atoms with E-state index in [1.807, 2.05) is 11.8 Å². The molecule has 1 heterocycles. The summed E-state index contributed by atoms with van der Waals surface area (Å²) in [7, 11) is 0. The molecule has 1 rings (SSSR count). The first kappa shape index (κ1) is 11.1. The average molecular weight is 215 g/mol. The summed E-state index contributed by atoms with van der Waals surface area (Å²) in [5.41, 5.74) is 6.95. The summed E-state index contributed by atoms with van der Waals surface area (Å²) in [6, 6.07) is 2.21. The van der Waals surface area contributed by atoms with Crippen molar-refractivity contribution < 1.29 is 0 Å². The zero-order valence-corrected chi connectivity index (χ0v) is 9.66. The second-order valence-corrected chi connectivity index (χ2v) is 5.47. The lowest BCUT2D eigenvalue weighted by molar-refractivity contribution is 0.822. The van der Waals surface area contributed by atoms with E-state index < -0.39 is 0 Å². The number of thiophene rings is 1. The van der Waals surface area contributed by atoms with Crippen molar-refractivity contribution in [2.24, 2.45) is 5.73 Å². The van der Waals surface area contributed by atoms with Gasteiger partial charge in [0.15, 0.2) is 0 Å². The van der Waals surface area contributed by atoms with Gasteiger partial charge in [0.05, 0.1) is 0 Å². The maximum absolute atomic E-state index is 5.48. The van der Waals surface area contributed by atoms with E-state index in [0.717, 1.165) is 13.0 Å². The van der Waals surface area contributed by atoms with Crippen LogP contribution >= 0.6 is 23.1 Å². The van der Waals surface area contributed by atoms with Crippen LogP contribution in [0, 0.1) is 0 Å². The van der Waals surface area contributed by atoms with E-state index in [2.05, 4.69) is 23.8 Å². The molecule has 0 saturated heterocycles. The van der Waals surface area contributed by atoms with Crippen LogP contribution in [0.1, 0.15) is 18.9 Å². The van der Waals surface area contributed by atoms with E-state index in [0.29, 0.717) is 5.25 Å². The summed E-state index contributed by atoms with van der Waals surface area (Å²) in [4.78, 5) is 0.